The number of likely N-dealkylation sites (N-methyl/N-ethyl adjacent to an activating group) is 1. The van der Waals surface area contributed by atoms with Crippen molar-refractivity contribution < 1.29 is 0 Å². The molecule has 0 aromatic heterocycles. The predicted molar refractivity (Wildman–Crippen MR) is 65.0 cm³/mol. The summed E-state index contributed by atoms with van der Waals surface area (Å²) in [7, 11) is 2.33. The van der Waals surface area contributed by atoms with Gasteiger partial charge in [-0.3, -0.25) is 4.90 Å². The predicted octanol–water partition coefficient (Wildman–Crippen LogP) is 2.10. The van der Waals surface area contributed by atoms with Crippen molar-refractivity contribution in [1.29, 1.82) is 0 Å². The molecule has 3 atom stereocenters. The van der Waals surface area contributed by atoms with Crippen LogP contribution < -0.4 is 5.32 Å². The van der Waals surface area contributed by atoms with Gasteiger partial charge in [0.1, 0.15) is 0 Å². The summed E-state index contributed by atoms with van der Waals surface area (Å²) in [5.74, 6) is 0.866. The van der Waals surface area contributed by atoms with E-state index < -0.39 is 0 Å². The summed E-state index contributed by atoms with van der Waals surface area (Å²) in [5.41, 5.74) is 0.560. The van der Waals surface area contributed by atoms with E-state index in [4.69, 9.17) is 0 Å². The molecule has 1 heterocycles. The van der Waals surface area contributed by atoms with Crippen molar-refractivity contribution in [2.75, 3.05) is 20.1 Å². The molecule has 3 unspecified atom stereocenters. The van der Waals surface area contributed by atoms with Crippen molar-refractivity contribution >= 4 is 0 Å². The van der Waals surface area contributed by atoms with E-state index in [2.05, 4.69) is 38.0 Å². The first-order valence-electron chi connectivity index (χ1n) is 6.42. The third-order valence-electron chi connectivity index (χ3n) is 4.43. The molecule has 2 aliphatic rings. The standard InChI is InChI=1S/C13H26N2/c1-10-7-13(2,3)8-12(10)15(4)11-5-6-14-9-11/h10-12,14H,5-9H2,1-4H3. The van der Waals surface area contributed by atoms with Gasteiger partial charge in [0.15, 0.2) is 0 Å². The monoisotopic (exact) mass is 210 g/mol. The fourth-order valence-corrected chi connectivity index (χ4v) is 3.66. The normalized spacial score (nSPS) is 40.2. The van der Waals surface area contributed by atoms with Crippen LogP contribution in [0, 0.1) is 11.3 Å². The van der Waals surface area contributed by atoms with Crippen molar-refractivity contribution in [3.05, 3.63) is 0 Å². The van der Waals surface area contributed by atoms with Crippen molar-refractivity contribution in [3.63, 3.8) is 0 Å². The van der Waals surface area contributed by atoms with E-state index in [1.165, 1.54) is 32.4 Å². The van der Waals surface area contributed by atoms with E-state index in [-0.39, 0.29) is 0 Å². The summed E-state index contributed by atoms with van der Waals surface area (Å²) in [6.45, 7) is 9.67. The Bertz CT molecular complexity index is 219. The lowest BCUT2D eigenvalue weighted by atomic mass is 9.91. The number of hydrogen-bond acceptors (Lipinski definition) is 2. The van der Waals surface area contributed by atoms with Crippen LogP contribution in [0.15, 0.2) is 0 Å². The number of rotatable bonds is 2. The lowest BCUT2D eigenvalue weighted by molar-refractivity contribution is 0.151. The first kappa shape index (κ1) is 11.4. The van der Waals surface area contributed by atoms with Crippen LogP contribution in [0.3, 0.4) is 0 Å². The van der Waals surface area contributed by atoms with Gasteiger partial charge < -0.3 is 5.32 Å². The van der Waals surface area contributed by atoms with Crippen LogP contribution in [-0.4, -0.2) is 37.1 Å². The van der Waals surface area contributed by atoms with Gasteiger partial charge >= 0.3 is 0 Å². The second-order valence-electron chi connectivity index (χ2n) is 6.43. The minimum Gasteiger partial charge on any atom is -0.315 e. The van der Waals surface area contributed by atoms with Gasteiger partial charge in [-0.1, -0.05) is 20.8 Å². The molecular weight excluding hydrogens is 184 g/mol. The van der Waals surface area contributed by atoms with Crippen LogP contribution in [0.2, 0.25) is 0 Å². The summed E-state index contributed by atoms with van der Waals surface area (Å²) in [6, 6.07) is 1.59. The molecule has 1 aliphatic carbocycles. The van der Waals surface area contributed by atoms with E-state index in [0.717, 1.165) is 18.0 Å². The molecule has 1 saturated heterocycles. The summed E-state index contributed by atoms with van der Waals surface area (Å²) >= 11 is 0. The van der Waals surface area contributed by atoms with Crippen molar-refractivity contribution in [3.8, 4) is 0 Å². The smallest absolute Gasteiger partial charge is 0.0232 e. The Morgan fingerprint density at radius 1 is 1.27 bits per heavy atom. The zero-order valence-corrected chi connectivity index (χ0v) is 10.7. The molecule has 2 nitrogen and oxygen atoms in total. The lowest BCUT2D eigenvalue weighted by Crippen LogP contribution is -2.42. The highest BCUT2D eigenvalue weighted by molar-refractivity contribution is 4.94. The molecule has 0 aromatic carbocycles. The van der Waals surface area contributed by atoms with Gasteiger partial charge in [0.05, 0.1) is 0 Å². The molecule has 0 radical (unpaired) electrons. The minimum atomic E-state index is 0.560. The second kappa shape index (κ2) is 4.06. The maximum absolute atomic E-state index is 3.47. The molecule has 2 heteroatoms. The van der Waals surface area contributed by atoms with Gasteiger partial charge in [0.25, 0.3) is 0 Å². The third-order valence-corrected chi connectivity index (χ3v) is 4.43. The van der Waals surface area contributed by atoms with E-state index >= 15 is 0 Å². The molecule has 0 spiro atoms. The molecule has 1 aliphatic heterocycles. The van der Waals surface area contributed by atoms with Crippen LogP contribution in [-0.2, 0) is 0 Å². The maximum atomic E-state index is 3.47. The topological polar surface area (TPSA) is 15.3 Å². The van der Waals surface area contributed by atoms with E-state index in [1.807, 2.05) is 0 Å². The fraction of sp³-hybridized carbons (Fsp3) is 1.00. The van der Waals surface area contributed by atoms with Gasteiger partial charge in [0, 0.05) is 18.6 Å². The highest BCUT2D eigenvalue weighted by Crippen LogP contribution is 2.43. The van der Waals surface area contributed by atoms with Gasteiger partial charge in [-0.25, -0.2) is 0 Å². The zero-order valence-electron chi connectivity index (χ0n) is 10.7. The van der Waals surface area contributed by atoms with Gasteiger partial charge in [-0.2, -0.15) is 0 Å². The Morgan fingerprint density at radius 2 is 2.00 bits per heavy atom. The lowest BCUT2D eigenvalue weighted by Gasteiger charge is -2.33. The summed E-state index contributed by atoms with van der Waals surface area (Å²) in [6.07, 6.45) is 4.10. The number of nitrogens with one attached hydrogen (secondary N) is 1. The molecule has 88 valence electrons. The average Bonchev–Trinajstić information content (AvgIpc) is 2.71. The summed E-state index contributed by atoms with van der Waals surface area (Å²) in [5, 5.41) is 3.47. The Hall–Kier alpha value is -0.0800. The Kier molecular flexibility index (Phi) is 3.09. The fourth-order valence-electron chi connectivity index (χ4n) is 3.66. The van der Waals surface area contributed by atoms with Gasteiger partial charge in [0.2, 0.25) is 0 Å². The first-order valence-corrected chi connectivity index (χ1v) is 6.42. The molecule has 2 fully saturated rings. The molecule has 1 saturated carbocycles. The largest absolute Gasteiger partial charge is 0.315 e. The van der Waals surface area contributed by atoms with Gasteiger partial charge in [-0.05, 0) is 44.2 Å². The Balaban J connectivity index is 1.98. The highest BCUT2D eigenvalue weighted by atomic mass is 15.2. The highest BCUT2D eigenvalue weighted by Gasteiger charge is 2.40. The minimum absolute atomic E-state index is 0.560. The molecule has 15 heavy (non-hydrogen) atoms. The molecule has 1 N–H and O–H groups in total. The van der Waals surface area contributed by atoms with E-state index in [1.54, 1.807) is 0 Å². The van der Waals surface area contributed by atoms with E-state index in [9.17, 15) is 0 Å². The Labute approximate surface area is 94.4 Å². The van der Waals surface area contributed by atoms with Crippen LogP contribution in [0.1, 0.15) is 40.0 Å². The van der Waals surface area contributed by atoms with Gasteiger partial charge in [-0.15, -0.1) is 0 Å². The van der Waals surface area contributed by atoms with Crippen LogP contribution >= 0.6 is 0 Å². The molecule has 0 aromatic rings. The quantitative estimate of drug-likeness (QED) is 0.751. The van der Waals surface area contributed by atoms with Crippen molar-refractivity contribution in [1.82, 2.24) is 10.2 Å². The van der Waals surface area contributed by atoms with Crippen molar-refractivity contribution in [2.45, 2.75) is 52.1 Å². The Morgan fingerprint density at radius 3 is 2.47 bits per heavy atom. The molecule has 2 rings (SSSR count). The first-order chi connectivity index (χ1) is 6.99. The van der Waals surface area contributed by atoms with Crippen LogP contribution in [0.4, 0.5) is 0 Å². The molecular formula is C13H26N2. The van der Waals surface area contributed by atoms with Crippen LogP contribution in [0.5, 0.6) is 0 Å². The molecule has 0 amide bonds. The summed E-state index contributed by atoms with van der Waals surface area (Å²) in [4.78, 5) is 2.65. The zero-order chi connectivity index (χ0) is 11.1. The third kappa shape index (κ3) is 2.36. The average molecular weight is 210 g/mol. The van der Waals surface area contributed by atoms with Crippen molar-refractivity contribution in [2.24, 2.45) is 11.3 Å². The maximum Gasteiger partial charge on any atom is 0.0232 e. The van der Waals surface area contributed by atoms with E-state index in [0.29, 0.717) is 5.41 Å². The second-order valence-corrected chi connectivity index (χ2v) is 6.43. The number of hydrogen-bond donors (Lipinski definition) is 1. The van der Waals surface area contributed by atoms with Crippen LogP contribution in [0.25, 0.3) is 0 Å². The molecule has 0 bridgehead atoms. The SMILES string of the molecule is CC1CC(C)(C)CC1N(C)C1CCNC1. The number of nitrogens with zero attached hydrogens (tertiary/aromatic N) is 1. The summed E-state index contributed by atoms with van der Waals surface area (Å²) < 4.78 is 0.